The summed E-state index contributed by atoms with van der Waals surface area (Å²) in [5.74, 6) is 1.18. The number of likely N-dealkylation sites (tertiary alicyclic amines) is 1. The van der Waals surface area contributed by atoms with Crippen molar-refractivity contribution in [3.63, 3.8) is 0 Å². The minimum atomic E-state index is 0.536. The zero-order chi connectivity index (χ0) is 14.4. The van der Waals surface area contributed by atoms with E-state index >= 15 is 0 Å². The molecule has 0 aliphatic carbocycles. The van der Waals surface area contributed by atoms with Gasteiger partial charge in [-0.25, -0.2) is 4.98 Å². The van der Waals surface area contributed by atoms with E-state index in [4.69, 9.17) is 9.72 Å². The molecule has 0 spiro atoms. The monoisotopic (exact) mass is 305 g/mol. The normalized spacial score (nSPS) is 22.2. The van der Waals surface area contributed by atoms with E-state index < -0.39 is 0 Å². The van der Waals surface area contributed by atoms with Crippen LogP contribution >= 0.6 is 11.3 Å². The minimum Gasteiger partial charge on any atom is -0.378 e. The van der Waals surface area contributed by atoms with E-state index in [1.807, 2.05) is 11.3 Å². The van der Waals surface area contributed by atoms with E-state index in [0.29, 0.717) is 17.9 Å². The van der Waals surface area contributed by atoms with Crippen LogP contribution in [0.25, 0.3) is 10.3 Å². The fourth-order valence-corrected chi connectivity index (χ4v) is 4.53. The number of nitrogens with one attached hydrogen (secondary N) is 1. The van der Waals surface area contributed by atoms with Gasteiger partial charge in [-0.1, -0.05) is 13.8 Å². The van der Waals surface area contributed by atoms with Crippen LogP contribution in [0.4, 0.5) is 0 Å². The molecule has 2 aromatic rings. The van der Waals surface area contributed by atoms with E-state index in [1.165, 1.54) is 46.8 Å². The molecular weight excluding hydrogens is 282 g/mol. The van der Waals surface area contributed by atoms with E-state index in [9.17, 15) is 0 Å². The van der Waals surface area contributed by atoms with Crippen molar-refractivity contribution in [2.75, 3.05) is 26.3 Å². The Balaban J connectivity index is 1.49. The van der Waals surface area contributed by atoms with Gasteiger partial charge in [0.25, 0.3) is 0 Å². The molecule has 2 aromatic heterocycles. The second kappa shape index (κ2) is 5.38. The smallest absolute Gasteiger partial charge is 0.121 e. The quantitative estimate of drug-likeness (QED) is 0.945. The third-order valence-corrected chi connectivity index (χ3v) is 6.06. The van der Waals surface area contributed by atoms with Gasteiger partial charge in [0.15, 0.2) is 0 Å². The number of aromatic nitrogens is 2. The number of hydrogen-bond acceptors (Lipinski definition) is 4. The summed E-state index contributed by atoms with van der Waals surface area (Å²) in [6.07, 6.45) is 4.61. The highest BCUT2D eigenvalue weighted by atomic mass is 32.1. The molecule has 2 saturated heterocycles. The van der Waals surface area contributed by atoms with Crippen molar-refractivity contribution in [1.29, 1.82) is 0 Å². The van der Waals surface area contributed by atoms with Crippen molar-refractivity contribution >= 4 is 21.7 Å². The molecule has 5 heteroatoms. The average Bonchev–Trinajstić information content (AvgIpc) is 2.96. The van der Waals surface area contributed by atoms with Crippen LogP contribution in [0, 0.1) is 0 Å². The Morgan fingerprint density at radius 2 is 2.10 bits per heavy atom. The first kappa shape index (κ1) is 13.7. The molecule has 1 N–H and O–H groups in total. The summed E-state index contributed by atoms with van der Waals surface area (Å²) in [7, 11) is 0. The molecule has 21 heavy (non-hydrogen) atoms. The predicted octanol–water partition coefficient (Wildman–Crippen LogP) is 3.33. The lowest BCUT2D eigenvalue weighted by molar-refractivity contribution is -0.0712. The van der Waals surface area contributed by atoms with Crippen LogP contribution in [-0.2, 0) is 4.74 Å². The van der Waals surface area contributed by atoms with Crippen molar-refractivity contribution < 1.29 is 4.74 Å². The molecule has 0 bridgehead atoms. The van der Waals surface area contributed by atoms with E-state index in [-0.39, 0.29) is 0 Å². The summed E-state index contributed by atoms with van der Waals surface area (Å²) in [5, 5.41) is 1.34. The number of fused-ring (bicyclic) bond motifs is 1. The van der Waals surface area contributed by atoms with Crippen LogP contribution in [-0.4, -0.2) is 47.2 Å². The van der Waals surface area contributed by atoms with Crippen LogP contribution in [0.3, 0.4) is 0 Å². The fraction of sp³-hybridized carbons (Fsp3) is 0.688. The molecule has 0 unspecified atom stereocenters. The summed E-state index contributed by atoms with van der Waals surface area (Å²) in [6.45, 7) is 8.74. The third-order valence-electron chi connectivity index (χ3n) is 4.91. The molecule has 114 valence electrons. The van der Waals surface area contributed by atoms with Gasteiger partial charge in [0.2, 0.25) is 0 Å². The van der Waals surface area contributed by atoms with Gasteiger partial charge in [0.1, 0.15) is 10.3 Å². The first-order chi connectivity index (χ1) is 10.2. The number of nitrogens with zero attached hydrogens (tertiary/aromatic N) is 2. The number of thiazole rings is 1. The zero-order valence-corrected chi connectivity index (χ0v) is 13.6. The van der Waals surface area contributed by atoms with Gasteiger partial charge >= 0.3 is 0 Å². The lowest BCUT2D eigenvalue weighted by Gasteiger charge is -2.41. The highest BCUT2D eigenvalue weighted by Crippen LogP contribution is 2.36. The molecule has 0 atom stereocenters. The summed E-state index contributed by atoms with van der Waals surface area (Å²) in [6, 6.07) is 0.685. The fourth-order valence-electron chi connectivity index (χ4n) is 3.40. The molecule has 4 nitrogen and oxygen atoms in total. The SMILES string of the molecule is CC(C)c1c[nH]c2sc(C3CCN(C4COC4)CC3)nc12. The summed E-state index contributed by atoms with van der Waals surface area (Å²) < 4.78 is 5.31. The van der Waals surface area contributed by atoms with Gasteiger partial charge in [-0.15, -0.1) is 11.3 Å². The van der Waals surface area contributed by atoms with E-state index in [1.54, 1.807) is 0 Å². The predicted molar refractivity (Wildman–Crippen MR) is 86.2 cm³/mol. The Hall–Kier alpha value is -0.910. The maximum atomic E-state index is 5.31. The molecule has 2 aliphatic rings. The van der Waals surface area contributed by atoms with Gasteiger partial charge in [0.05, 0.1) is 24.3 Å². The summed E-state index contributed by atoms with van der Waals surface area (Å²) in [4.78, 5) is 12.2. The molecule has 0 radical (unpaired) electrons. The first-order valence-corrected chi connectivity index (χ1v) is 8.83. The van der Waals surface area contributed by atoms with Crippen molar-refractivity contribution in [2.24, 2.45) is 0 Å². The lowest BCUT2D eigenvalue weighted by atomic mass is 9.96. The standard InChI is InChI=1S/C16H23N3OS/c1-10(2)13-7-17-16-14(13)18-15(21-16)11-3-5-19(6-4-11)12-8-20-9-12/h7,10-12,17H,3-6,8-9H2,1-2H3. The Labute approximate surface area is 129 Å². The number of piperidine rings is 1. The van der Waals surface area contributed by atoms with Crippen molar-refractivity contribution in [1.82, 2.24) is 14.9 Å². The topological polar surface area (TPSA) is 41.2 Å². The van der Waals surface area contributed by atoms with Gasteiger partial charge in [0, 0.05) is 12.1 Å². The second-order valence-electron chi connectivity index (χ2n) is 6.63. The summed E-state index contributed by atoms with van der Waals surface area (Å²) in [5.41, 5.74) is 2.57. The number of H-pyrrole nitrogens is 1. The van der Waals surface area contributed by atoms with Crippen LogP contribution < -0.4 is 0 Å². The molecule has 0 saturated carbocycles. The number of rotatable bonds is 3. The minimum absolute atomic E-state index is 0.536. The molecular formula is C16H23N3OS. The second-order valence-corrected chi connectivity index (χ2v) is 7.66. The Kier molecular flexibility index (Phi) is 3.52. The molecule has 2 fully saturated rings. The van der Waals surface area contributed by atoms with Crippen LogP contribution in [0.5, 0.6) is 0 Å². The Morgan fingerprint density at radius 1 is 1.33 bits per heavy atom. The third kappa shape index (κ3) is 2.41. The van der Waals surface area contributed by atoms with Gasteiger partial charge < -0.3 is 9.72 Å². The Morgan fingerprint density at radius 3 is 2.71 bits per heavy atom. The Bertz CT molecular complexity index is 621. The van der Waals surface area contributed by atoms with Crippen LogP contribution in [0.2, 0.25) is 0 Å². The lowest BCUT2D eigenvalue weighted by Crippen LogP contribution is -2.51. The number of ether oxygens (including phenoxy) is 1. The van der Waals surface area contributed by atoms with Gasteiger partial charge in [-0.2, -0.15) is 0 Å². The first-order valence-electron chi connectivity index (χ1n) is 8.02. The average molecular weight is 305 g/mol. The maximum absolute atomic E-state index is 5.31. The van der Waals surface area contributed by atoms with Crippen molar-refractivity contribution in [2.45, 2.75) is 44.6 Å². The molecule has 0 amide bonds. The molecule has 2 aliphatic heterocycles. The number of hydrogen-bond donors (Lipinski definition) is 1. The van der Waals surface area contributed by atoms with Crippen molar-refractivity contribution in [3.05, 3.63) is 16.8 Å². The molecule has 0 aromatic carbocycles. The highest BCUT2D eigenvalue weighted by Gasteiger charge is 2.31. The van der Waals surface area contributed by atoms with Crippen molar-refractivity contribution in [3.8, 4) is 0 Å². The van der Waals surface area contributed by atoms with E-state index in [2.05, 4.69) is 29.9 Å². The number of aromatic amines is 1. The van der Waals surface area contributed by atoms with Crippen LogP contribution in [0.15, 0.2) is 6.20 Å². The maximum Gasteiger partial charge on any atom is 0.121 e. The van der Waals surface area contributed by atoms with E-state index in [0.717, 1.165) is 13.2 Å². The molecule has 4 rings (SSSR count). The van der Waals surface area contributed by atoms with Crippen LogP contribution in [0.1, 0.15) is 49.1 Å². The van der Waals surface area contributed by atoms with Gasteiger partial charge in [-0.05, 0) is 37.4 Å². The molecule has 4 heterocycles. The zero-order valence-electron chi connectivity index (χ0n) is 12.8. The highest BCUT2D eigenvalue weighted by molar-refractivity contribution is 7.18. The summed E-state index contributed by atoms with van der Waals surface area (Å²) >= 11 is 1.86. The largest absolute Gasteiger partial charge is 0.378 e. The van der Waals surface area contributed by atoms with Gasteiger partial charge in [-0.3, -0.25) is 4.90 Å².